The van der Waals surface area contributed by atoms with E-state index in [4.69, 9.17) is 6.42 Å². The van der Waals surface area contributed by atoms with Crippen LogP contribution < -0.4 is 5.32 Å². The summed E-state index contributed by atoms with van der Waals surface area (Å²) in [6.45, 7) is 13.7. The predicted molar refractivity (Wildman–Crippen MR) is 161 cm³/mol. The molecule has 206 valence electrons. The van der Waals surface area contributed by atoms with Crippen LogP contribution in [0.1, 0.15) is 75.9 Å². The summed E-state index contributed by atoms with van der Waals surface area (Å²) in [4.78, 5) is 13.9. The molecule has 0 saturated carbocycles. The van der Waals surface area contributed by atoms with Crippen molar-refractivity contribution in [2.75, 3.05) is 0 Å². The van der Waals surface area contributed by atoms with Crippen molar-refractivity contribution < 1.29 is 14.3 Å². The van der Waals surface area contributed by atoms with Crippen molar-refractivity contribution in [3.63, 3.8) is 0 Å². The van der Waals surface area contributed by atoms with Crippen molar-refractivity contribution in [3.8, 4) is 34.7 Å². The number of nitrogens with one attached hydrogen (secondary N) is 1. The van der Waals surface area contributed by atoms with Crippen molar-refractivity contribution in [2.45, 2.75) is 72.4 Å². The van der Waals surface area contributed by atoms with Gasteiger partial charge in [0.25, 0.3) is 5.91 Å². The van der Waals surface area contributed by atoms with Gasteiger partial charge in [0, 0.05) is 29.9 Å². The Morgan fingerprint density at radius 2 is 1.74 bits per heavy atom. The molecule has 0 fully saturated rings. The van der Waals surface area contributed by atoms with Crippen molar-refractivity contribution in [3.05, 3.63) is 96.1 Å². The fraction of sp³-hybridized carbons (Fsp3) is 0.324. The largest absolute Gasteiger partial charge is 0.392 e. The molecule has 3 aromatic rings. The number of aliphatic hydroxyl groups excluding tert-OH is 1. The van der Waals surface area contributed by atoms with Gasteiger partial charge in [0.05, 0.1) is 17.4 Å². The number of aliphatic hydroxyl groups is 1. The second kappa shape index (κ2) is 15.5. The van der Waals surface area contributed by atoms with Crippen LogP contribution in [0.25, 0.3) is 22.4 Å². The summed E-state index contributed by atoms with van der Waals surface area (Å²) in [7, 11) is 0. The molecule has 0 radical (unpaired) electrons. The average Bonchev–Trinajstić information content (AvgIpc) is 3.27. The Kier molecular flexibility index (Phi) is 12.5. The average molecular weight is 529 g/mol. The maximum absolute atomic E-state index is 13.9. The van der Waals surface area contributed by atoms with Crippen molar-refractivity contribution in [1.82, 2.24) is 9.88 Å². The molecule has 0 saturated heterocycles. The molecule has 39 heavy (non-hydrogen) atoms. The Bertz CT molecular complexity index is 1300. The van der Waals surface area contributed by atoms with Crippen molar-refractivity contribution >= 4 is 5.91 Å². The van der Waals surface area contributed by atoms with Gasteiger partial charge in [0.1, 0.15) is 5.82 Å². The zero-order valence-corrected chi connectivity index (χ0v) is 23.8. The molecular weight excluding hydrogens is 487 g/mol. The molecule has 0 aliphatic carbocycles. The number of rotatable bonds is 10. The molecule has 1 aromatic heterocycles. The van der Waals surface area contributed by atoms with Gasteiger partial charge in [0.2, 0.25) is 0 Å². The molecule has 0 aliphatic rings. The molecule has 0 spiro atoms. The SMILES string of the molecule is C#CC[C@H](O)CCn1c(-c2ccc(F)cc2)c(-c2ccccc2)c(C(=O)N/C(=C/C)CC)c1C(C)C.C=CC. The minimum Gasteiger partial charge on any atom is -0.392 e. The van der Waals surface area contributed by atoms with Crippen LogP contribution in [0.5, 0.6) is 0 Å². The van der Waals surface area contributed by atoms with E-state index in [0.29, 0.717) is 24.9 Å². The van der Waals surface area contributed by atoms with E-state index in [9.17, 15) is 14.3 Å². The van der Waals surface area contributed by atoms with Crippen LogP contribution in [0.4, 0.5) is 4.39 Å². The van der Waals surface area contributed by atoms with Crippen LogP contribution in [0, 0.1) is 18.2 Å². The van der Waals surface area contributed by atoms with E-state index in [1.165, 1.54) is 12.1 Å². The molecule has 0 unspecified atom stereocenters. The van der Waals surface area contributed by atoms with Crippen LogP contribution in [-0.2, 0) is 6.54 Å². The second-order valence-corrected chi connectivity index (χ2v) is 9.54. The van der Waals surface area contributed by atoms with Crippen LogP contribution in [0.3, 0.4) is 0 Å². The maximum Gasteiger partial charge on any atom is 0.257 e. The summed E-state index contributed by atoms with van der Waals surface area (Å²) >= 11 is 0. The Morgan fingerprint density at radius 3 is 2.26 bits per heavy atom. The van der Waals surface area contributed by atoms with Crippen LogP contribution in [-0.4, -0.2) is 21.7 Å². The van der Waals surface area contributed by atoms with E-state index in [2.05, 4.69) is 36.2 Å². The Morgan fingerprint density at radius 1 is 1.13 bits per heavy atom. The summed E-state index contributed by atoms with van der Waals surface area (Å²) in [6.07, 6.45) is 9.79. The number of benzene rings is 2. The Balaban J connectivity index is 0.00000170. The van der Waals surface area contributed by atoms with E-state index in [1.807, 2.05) is 57.2 Å². The first-order chi connectivity index (χ1) is 18.7. The van der Waals surface area contributed by atoms with Crippen LogP contribution in [0.2, 0.25) is 0 Å². The number of allylic oxidation sites excluding steroid dienone is 3. The summed E-state index contributed by atoms with van der Waals surface area (Å²) in [5.74, 6) is 2.01. The number of amides is 1. The summed E-state index contributed by atoms with van der Waals surface area (Å²) in [5, 5.41) is 13.5. The van der Waals surface area contributed by atoms with Crippen LogP contribution in [0.15, 0.2) is 79.0 Å². The van der Waals surface area contributed by atoms with E-state index < -0.39 is 6.10 Å². The lowest BCUT2D eigenvalue weighted by atomic mass is 9.94. The van der Waals surface area contributed by atoms with Gasteiger partial charge in [0.15, 0.2) is 0 Å². The van der Waals surface area contributed by atoms with E-state index in [1.54, 1.807) is 18.2 Å². The summed E-state index contributed by atoms with van der Waals surface area (Å²) < 4.78 is 16.0. The van der Waals surface area contributed by atoms with E-state index in [-0.39, 0.29) is 24.1 Å². The molecule has 0 bridgehead atoms. The van der Waals surface area contributed by atoms with Crippen molar-refractivity contribution in [2.24, 2.45) is 0 Å². The fourth-order valence-corrected chi connectivity index (χ4v) is 4.58. The third-order valence-electron chi connectivity index (χ3n) is 6.30. The molecule has 1 heterocycles. The number of carbonyl (C=O) groups is 1. The number of terminal acetylenes is 1. The maximum atomic E-state index is 13.9. The van der Waals surface area contributed by atoms with Gasteiger partial charge in [-0.25, -0.2) is 4.39 Å². The minimum atomic E-state index is -0.661. The minimum absolute atomic E-state index is 0.00266. The highest BCUT2D eigenvalue weighted by Gasteiger charge is 2.30. The number of hydrogen-bond donors (Lipinski definition) is 2. The molecule has 1 amide bonds. The first kappa shape index (κ1) is 31.3. The lowest BCUT2D eigenvalue weighted by Gasteiger charge is -2.18. The topological polar surface area (TPSA) is 54.3 Å². The van der Waals surface area contributed by atoms with Gasteiger partial charge in [-0.3, -0.25) is 4.79 Å². The number of aromatic nitrogens is 1. The molecular formula is C34H41FN2O2. The number of hydrogen-bond acceptors (Lipinski definition) is 2. The Labute approximate surface area is 233 Å². The highest BCUT2D eigenvalue weighted by atomic mass is 19.1. The third-order valence-corrected chi connectivity index (χ3v) is 6.30. The zero-order valence-electron chi connectivity index (χ0n) is 23.8. The quantitative estimate of drug-likeness (QED) is 0.206. The second-order valence-electron chi connectivity index (χ2n) is 9.54. The predicted octanol–water partition coefficient (Wildman–Crippen LogP) is 8.09. The molecule has 3 rings (SSSR count). The number of nitrogens with zero attached hydrogens (tertiary/aromatic N) is 1. The highest BCUT2D eigenvalue weighted by molar-refractivity contribution is 6.07. The number of halogens is 1. The molecule has 2 N–H and O–H groups in total. The zero-order chi connectivity index (χ0) is 28.9. The molecule has 5 heteroatoms. The molecule has 0 aliphatic heterocycles. The lowest BCUT2D eigenvalue weighted by molar-refractivity contribution is 0.0963. The van der Waals surface area contributed by atoms with Gasteiger partial charge in [-0.05, 0) is 68.0 Å². The van der Waals surface area contributed by atoms with Gasteiger partial charge in [-0.1, -0.05) is 63.3 Å². The Hall–Kier alpha value is -3.88. The smallest absolute Gasteiger partial charge is 0.257 e. The van der Waals surface area contributed by atoms with E-state index in [0.717, 1.165) is 33.8 Å². The monoisotopic (exact) mass is 528 g/mol. The molecule has 4 nitrogen and oxygen atoms in total. The van der Waals surface area contributed by atoms with Gasteiger partial charge in [-0.2, -0.15) is 0 Å². The highest BCUT2D eigenvalue weighted by Crippen LogP contribution is 2.42. The molecule has 2 aromatic carbocycles. The van der Waals surface area contributed by atoms with Gasteiger partial charge < -0.3 is 15.0 Å². The molecule has 1 atom stereocenters. The summed E-state index contributed by atoms with van der Waals surface area (Å²) in [5.41, 5.74) is 5.60. The summed E-state index contributed by atoms with van der Waals surface area (Å²) in [6, 6.07) is 16.1. The normalized spacial score (nSPS) is 11.8. The third kappa shape index (κ3) is 8.05. The fourth-order valence-electron chi connectivity index (χ4n) is 4.58. The van der Waals surface area contributed by atoms with Gasteiger partial charge in [-0.15, -0.1) is 18.9 Å². The van der Waals surface area contributed by atoms with Crippen molar-refractivity contribution in [1.29, 1.82) is 0 Å². The first-order valence-corrected chi connectivity index (χ1v) is 13.5. The van der Waals surface area contributed by atoms with E-state index >= 15 is 0 Å². The van der Waals surface area contributed by atoms with Crippen LogP contribution >= 0.6 is 0 Å². The number of carbonyl (C=O) groups excluding carboxylic acids is 1. The lowest BCUT2D eigenvalue weighted by Crippen LogP contribution is -2.24. The van der Waals surface area contributed by atoms with Gasteiger partial charge >= 0.3 is 0 Å². The first-order valence-electron chi connectivity index (χ1n) is 13.5. The standard InChI is InChI=1S/C31H35FN2O2.C3H6/c1-6-12-26(35)19-20-34-29(21(4)5)28(31(36)33-25(7-2)8-3)27(22-13-10-9-11-14-22)30(34)23-15-17-24(32)18-16-23;1-3-2/h1,7,9-11,13-18,21,26,35H,8,12,19-20H2,2-5H3,(H,33,36);3H,1H2,2H3/b25-7+;/t26-;/m0./s1.